The van der Waals surface area contributed by atoms with Gasteiger partial charge in [0.25, 0.3) is 0 Å². The number of hydrogen-bond donors (Lipinski definition) is 1. The first kappa shape index (κ1) is 13.5. The Labute approximate surface area is 114 Å². The van der Waals surface area contributed by atoms with Gasteiger partial charge in [-0.25, -0.2) is 9.97 Å². The third kappa shape index (κ3) is 3.08. The minimum atomic E-state index is 0.412. The number of aryl methyl sites for hydroxylation is 1. The van der Waals surface area contributed by atoms with E-state index in [2.05, 4.69) is 34.1 Å². The summed E-state index contributed by atoms with van der Waals surface area (Å²) in [6, 6.07) is 3.98. The van der Waals surface area contributed by atoms with Crippen LogP contribution in [0.2, 0.25) is 0 Å². The molecule has 0 aliphatic carbocycles. The molecule has 0 unspecified atom stereocenters. The lowest BCUT2D eigenvalue weighted by atomic mass is 10.0. The first-order chi connectivity index (χ1) is 9.11. The zero-order valence-electron chi connectivity index (χ0n) is 11.9. The maximum absolute atomic E-state index is 4.62. The third-order valence-corrected chi connectivity index (χ3v) is 3.08. The van der Waals surface area contributed by atoms with Gasteiger partial charge in [-0.2, -0.15) is 0 Å². The third-order valence-electron chi connectivity index (χ3n) is 3.08. The maximum atomic E-state index is 4.62. The number of nitrogens with one attached hydrogen (secondary N) is 1. The molecular weight excluding hydrogens is 236 g/mol. The highest BCUT2D eigenvalue weighted by Crippen LogP contribution is 2.25. The molecule has 100 valence electrons. The van der Waals surface area contributed by atoms with Gasteiger partial charge in [0.15, 0.2) is 0 Å². The molecule has 0 amide bonds. The Bertz CT molecular complexity index is 550. The lowest BCUT2D eigenvalue weighted by molar-refractivity contribution is 0.813. The summed E-state index contributed by atoms with van der Waals surface area (Å²) in [5.41, 5.74) is 3.37. The molecule has 0 fully saturated rings. The van der Waals surface area contributed by atoms with Crippen molar-refractivity contribution in [2.24, 2.45) is 0 Å². The number of nitrogens with zero attached hydrogens (tertiary/aromatic N) is 3. The van der Waals surface area contributed by atoms with Gasteiger partial charge in [0.1, 0.15) is 11.6 Å². The molecule has 0 saturated carbocycles. The predicted octanol–water partition coefficient (Wildman–Crippen LogP) is 2.94. The van der Waals surface area contributed by atoms with Gasteiger partial charge in [-0.1, -0.05) is 19.9 Å². The molecule has 0 spiro atoms. The number of anilines is 1. The summed E-state index contributed by atoms with van der Waals surface area (Å²) in [5.74, 6) is 2.18. The van der Waals surface area contributed by atoms with E-state index in [0.717, 1.165) is 22.9 Å². The largest absolute Gasteiger partial charge is 0.373 e. The summed E-state index contributed by atoms with van der Waals surface area (Å²) < 4.78 is 0. The molecule has 2 heterocycles. The highest BCUT2D eigenvalue weighted by atomic mass is 15.0. The topological polar surface area (TPSA) is 50.7 Å². The van der Waals surface area contributed by atoms with Crippen LogP contribution in [0.15, 0.2) is 24.5 Å². The SMILES string of the molecule is CNc1nc(Cc2cccnc2)nc(C)c1C(C)C. The van der Waals surface area contributed by atoms with E-state index in [-0.39, 0.29) is 0 Å². The Morgan fingerprint density at radius 1 is 1.26 bits per heavy atom. The lowest BCUT2D eigenvalue weighted by Crippen LogP contribution is -2.09. The average Bonchev–Trinajstić information content (AvgIpc) is 2.38. The summed E-state index contributed by atoms with van der Waals surface area (Å²) in [6.45, 7) is 6.37. The van der Waals surface area contributed by atoms with Crippen LogP contribution in [0.3, 0.4) is 0 Å². The highest BCUT2D eigenvalue weighted by Gasteiger charge is 2.13. The molecule has 0 bridgehead atoms. The fourth-order valence-corrected chi connectivity index (χ4v) is 2.29. The van der Waals surface area contributed by atoms with E-state index < -0.39 is 0 Å². The van der Waals surface area contributed by atoms with Crippen LogP contribution in [0.5, 0.6) is 0 Å². The molecule has 1 N–H and O–H groups in total. The smallest absolute Gasteiger partial charge is 0.135 e. The molecule has 0 saturated heterocycles. The number of hydrogen-bond acceptors (Lipinski definition) is 4. The first-order valence-electron chi connectivity index (χ1n) is 6.56. The van der Waals surface area contributed by atoms with E-state index in [1.807, 2.05) is 32.3 Å². The van der Waals surface area contributed by atoms with Crippen molar-refractivity contribution < 1.29 is 0 Å². The Kier molecular flexibility index (Phi) is 4.10. The first-order valence-corrected chi connectivity index (χ1v) is 6.56. The van der Waals surface area contributed by atoms with Crippen molar-refractivity contribution >= 4 is 5.82 Å². The molecule has 2 rings (SSSR count). The summed E-state index contributed by atoms with van der Waals surface area (Å²) >= 11 is 0. The van der Waals surface area contributed by atoms with Crippen LogP contribution >= 0.6 is 0 Å². The average molecular weight is 256 g/mol. The van der Waals surface area contributed by atoms with Crippen LogP contribution in [0.25, 0.3) is 0 Å². The molecule has 19 heavy (non-hydrogen) atoms. The van der Waals surface area contributed by atoms with Gasteiger partial charge in [0, 0.05) is 37.1 Å². The van der Waals surface area contributed by atoms with Gasteiger partial charge in [-0.05, 0) is 24.5 Å². The van der Waals surface area contributed by atoms with Gasteiger partial charge in [0.05, 0.1) is 0 Å². The molecule has 4 heteroatoms. The van der Waals surface area contributed by atoms with Crippen molar-refractivity contribution in [3.63, 3.8) is 0 Å². The normalized spacial score (nSPS) is 10.8. The van der Waals surface area contributed by atoms with Crippen LogP contribution in [0, 0.1) is 6.92 Å². The molecule has 0 aliphatic heterocycles. The Balaban J connectivity index is 2.36. The fraction of sp³-hybridized carbons (Fsp3) is 0.400. The Morgan fingerprint density at radius 2 is 2.05 bits per heavy atom. The van der Waals surface area contributed by atoms with Crippen molar-refractivity contribution in [1.82, 2.24) is 15.0 Å². The lowest BCUT2D eigenvalue weighted by Gasteiger charge is -2.15. The minimum absolute atomic E-state index is 0.412. The van der Waals surface area contributed by atoms with Crippen molar-refractivity contribution in [3.05, 3.63) is 47.2 Å². The quantitative estimate of drug-likeness (QED) is 0.913. The summed E-state index contributed by atoms with van der Waals surface area (Å²) in [4.78, 5) is 13.4. The van der Waals surface area contributed by atoms with E-state index in [4.69, 9.17) is 0 Å². The minimum Gasteiger partial charge on any atom is -0.373 e. The summed E-state index contributed by atoms with van der Waals surface area (Å²) in [6.07, 6.45) is 4.34. The van der Waals surface area contributed by atoms with Crippen molar-refractivity contribution in [2.75, 3.05) is 12.4 Å². The second-order valence-corrected chi connectivity index (χ2v) is 4.93. The molecule has 2 aromatic heterocycles. The Morgan fingerprint density at radius 3 is 2.63 bits per heavy atom. The molecular formula is C15H20N4. The highest BCUT2D eigenvalue weighted by molar-refractivity contribution is 5.48. The predicted molar refractivity (Wildman–Crippen MR) is 77.4 cm³/mol. The summed E-state index contributed by atoms with van der Waals surface area (Å²) in [7, 11) is 1.90. The van der Waals surface area contributed by atoms with Crippen molar-refractivity contribution in [3.8, 4) is 0 Å². The molecule has 2 aromatic rings. The Hall–Kier alpha value is -1.97. The summed E-state index contributed by atoms with van der Waals surface area (Å²) in [5, 5.41) is 3.18. The van der Waals surface area contributed by atoms with E-state index >= 15 is 0 Å². The number of pyridine rings is 1. The van der Waals surface area contributed by atoms with Gasteiger partial charge in [-0.3, -0.25) is 4.98 Å². The van der Waals surface area contributed by atoms with E-state index in [1.54, 1.807) is 6.20 Å². The van der Waals surface area contributed by atoms with Crippen molar-refractivity contribution in [1.29, 1.82) is 0 Å². The zero-order valence-corrected chi connectivity index (χ0v) is 11.9. The van der Waals surface area contributed by atoms with Gasteiger partial charge < -0.3 is 5.32 Å². The molecule has 0 aliphatic rings. The molecule has 0 aromatic carbocycles. The molecule has 0 radical (unpaired) electrons. The van der Waals surface area contributed by atoms with E-state index in [0.29, 0.717) is 12.3 Å². The monoisotopic (exact) mass is 256 g/mol. The second kappa shape index (κ2) is 5.78. The zero-order chi connectivity index (χ0) is 13.8. The fourth-order valence-electron chi connectivity index (χ4n) is 2.29. The van der Waals surface area contributed by atoms with Gasteiger partial charge in [0.2, 0.25) is 0 Å². The van der Waals surface area contributed by atoms with Crippen LogP contribution in [-0.2, 0) is 6.42 Å². The number of aromatic nitrogens is 3. The van der Waals surface area contributed by atoms with Crippen LogP contribution in [0.1, 0.15) is 42.4 Å². The van der Waals surface area contributed by atoms with Crippen LogP contribution in [0.4, 0.5) is 5.82 Å². The van der Waals surface area contributed by atoms with Gasteiger partial charge >= 0.3 is 0 Å². The van der Waals surface area contributed by atoms with E-state index in [9.17, 15) is 0 Å². The molecule has 4 nitrogen and oxygen atoms in total. The van der Waals surface area contributed by atoms with E-state index in [1.165, 1.54) is 5.56 Å². The second-order valence-electron chi connectivity index (χ2n) is 4.93. The van der Waals surface area contributed by atoms with Crippen LogP contribution < -0.4 is 5.32 Å². The maximum Gasteiger partial charge on any atom is 0.135 e. The number of rotatable bonds is 4. The molecule has 0 atom stereocenters. The van der Waals surface area contributed by atoms with Crippen LogP contribution in [-0.4, -0.2) is 22.0 Å². The standard InChI is InChI=1S/C15H20N4/c1-10(2)14-11(3)18-13(19-15(14)16-4)8-12-6-5-7-17-9-12/h5-7,9-10H,8H2,1-4H3,(H,16,18,19). The van der Waals surface area contributed by atoms with Gasteiger partial charge in [-0.15, -0.1) is 0 Å². The van der Waals surface area contributed by atoms with Crippen molar-refractivity contribution in [2.45, 2.75) is 33.1 Å².